The molecule has 0 aliphatic carbocycles. The fourth-order valence-corrected chi connectivity index (χ4v) is 1.54. The van der Waals surface area contributed by atoms with Crippen molar-refractivity contribution in [1.82, 2.24) is 5.32 Å². The number of hydrogen-bond donors (Lipinski definition) is 2. The number of ether oxygens (including phenoxy) is 1. The van der Waals surface area contributed by atoms with E-state index >= 15 is 0 Å². The maximum atomic E-state index is 11.2. The molecule has 0 atom stereocenters. The van der Waals surface area contributed by atoms with Gasteiger partial charge in [0.05, 0.1) is 6.61 Å². The molecule has 1 rings (SSSR count). The van der Waals surface area contributed by atoms with E-state index in [0.29, 0.717) is 6.42 Å². The number of carbonyl (C=O) groups is 1. The Labute approximate surface area is 109 Å². The lowest BCUT2D eigenvalue weighted by molar-refractivity contribution is -0.115. The lowest BCUT2D eigenvalue weighted by Gasteiger charge is -2.06. The van der Waals surface area contributed by atoms with Crippen molar-refractivity contribution in [1.29, 1.82) is 0 Å². The third-order valence-corrected chi connectivity index (χ3v) is 2.63. The first-order valence-electron chi connectivity index (χ1n) is 6.34. The summed E-state index contributed by atoms with van der Waals surface area (Å²) < 4.78 is 4.95. The summed E-state index contributed by atoms with van der Waals surface area (Å²) in [7, 11) is 1.70. The smallest absolute Gasteiger partial charge is 0.224 e. The van der Waals surface area contributed by atoms with Crippen molar-refractivity contribution in [2.45, 2.75) is 19.8 Å². The maximum Gasteiger partial charge on any atom is 0.224 e. The predicted octanol–water partition coefficient (Wildman–Crippen LogP) is 1.81. The van der Waals surface area contributed by atoms with Gasteiger partial charge in [-0.15, -0.1) is 0 Å². The molecule has 2 N–H and O–H groups in total. The number of anilines is 1. The fourth-order valence-electron chi connectivity index (χ4n) is 1.54. The average molecular weight is 250 g/mol. The summed E-state index contributed by atoms with van der Waals surface area (Å²) in [6.45, 7) is 4.39. The van der Waals surface area contributed by atoms with Gasteiger partial charge in [-0.2, -0.15) is 0 Å². The first-order chi connectivity index (χ1) is 8.76. The van der Waals surface area contributed by atoms with E-state index in [2.05, 4.69) is 10.6 Å². The van der Waals surface area contributed by atoms with Gasteiger partial charge in [0, 0.05) is 25.8 Å². The number of nitrogens with one attached hydrogen (secondary N) is 2. The van der Waals surface area contributed by atoms with Crippen LogP contribution in [0.5, 0.6) is 0 Å². The summed E-state index contributed by atoms with van der Waals surface area (Å²) in [6, 6.07) is 7.97. The van der Waals surface area contributed by atoms with Crippen LogP contribution < -0.4 is 10.6 Å². The van der Waals surface area contributed by atoms with E-state index in [1.165, 1.54) is 5.56 Å². The molecule has 1 aromatic rings. The van der Waals surface area contributed by atoms with Crippen molar-refractivity contribution >= 4 is 11.6 Å². The van der Waals surface area contributed by atoms with E-state index in [4.69, 9.17) is 4.74 Å². The van der Waals surface area contributed by atoms with E-state index in [-0.39, 0.29) is 5.91 Å². The number of methoxy groups -OCH3 is 1. The first kappa shape index (κ1) is 14.7. The topological polar surface area (TPSA) is 50.4 Å². The van der Waals surface area contributed by atoms with E-state index in [1.54, 1.807) is 7.11 Å². The predicted molar refractivity (Wildman–Crippen MR) is 73.8 cm³/mol. The van der Waals surface area contributed by atoms with Gasteiger partial charge in [-0.1, -0.05) is 19.1 Å². The molecule has 18 heavy (non-hydrogen) atoms. The molecule has 1 aromatic carbocycles. The molecule has 0 saturated heterocycles. The molecule has 0 unspecified atom stereocenters. The van der Waals surface area contributed by atoms with Gasteiger partial charge in [0.25, 0.3) is 0 Å². The largest absolute Gasteiger partial charge is 0.383 e. The normalized spacial score (nSPS) is 10.3. The standard InChI is InChI=1S/C14H22N2O2/c1-3-14(17)16-13-6-4-12(5-7-13)8-9-15-10-11-18-2/h4-7,15H,3,8-11H2,1-2H3,(H,16,17). The molecule has 1 amide bonds. The van der Waals surface area contributed by atoms with Crippen molar-refractivity contribution in [3.05, 3.63) is 29.8 Å². The molecular weight excluding hydrogens is 228 g/mol. The average Bonchev–Trinajstić information content (AvgIpc) is 2.40. The molecule has 0 aliphatic heterocycles. The third-order valence-electron chi connectivity index (χ3n) is 2.63. The van der Waals surface area contributed by atoms with Crippen LogP contribution in [0.25, 0.3) is 0 Å². The summed E-state index contributed by atoms with van der Waals surface area (Å²) in [5.74, 6) is 0.0454. The third kappa shape index (κ3) is 5.80. The van der Waals surface area contributed by atoms with E-state index in [9.17, 15) is 4.79 Å². The molecule has 0 fully saturated rings. The molecule has 4 nitrogen and oxygen atoms in total. The molecule has 0 heterocycles. The number of carbonyl (C=O) groups excluding carboxylic acids is 1. The first-order valence-corrected chi connectivity index (χ1v) is 6.34. The molecule has 0 aliphatic rings. The number of rotatable bonds is 8. The minimum atomic E-state index is 0.0454. The number of hydrogen-bond acceptors (Lipinski definition) is 3. The van der Waals surface area contributed by atoms with Crippen molar-refractivity contribution in [2.24, 2.45) is 0 Å². The van der Waals surface area contributed by atoms with Crippen molar-refractivity contribution in [3.63, 3.8) is 0 Å². The number of amides is 1. The lowest BCUT2D eigenvalue weighted by atomic mass is 10.1. The van der Waals surface area contributed by atoms with E-state index in [1.807, 2.05) is 31.2 Å². The zero-order valence-electron chi connectivity index (χ0n) is 11.2. The Balaban J connectivity index is 2.29. The van der Waals surface area contributed by atoms with Crippen LogP contribution in [0, 0.1) is 0 Å². The highest BCUT2D eigenvalue weighted by atomic mass is 16.5. The maximum absolute atomic E-state index is 11.2. The highest BCUT2D eigenvalue weighted by molar-refractivity contribution is 5.90. The lowest BCUT2D eigenvalue weighted by Crippen LogP contribution is -2.21. The zero-order valence-corrected chi connectivity index (χ0v) is 11.2. The zero-order chi connectivity index (χ0) is 13.2. The van der Waals surface area contributed by atoms with Gasteiger partial charge in [-0.05, 0) is 30.7 Å². The molecule has 4 heteroatoms. The molecule has 0 radical (unpaired) electrons. The second-order valence-corrected chi connectivity index (χ2v) is 4.09. The number of benzene rings is 1. The van der Waals surface area contributed by atoms with E-state index < -0.39 is 0 Å². The molecule has 0 saturated carbocycles. The monoisotopic (exact) mass is 250 g/mol. The van der Waals surface area contributed by atoms with Crippen LogP contribution in [-0.4, -0.2) is 32.7 Å². The van der Waals surface area contributed by atoms with E-state index in [0.717, 1.165) is 31.8 Å². The van der Waals surface area contributed by atoms with Gasteiger partial charge in [-0.3, -0.25) is 4.79 Å². The Morgan fingerprint density at radius 2 is 1.94 bits per heavy atom. The Morgan fingerprint density at radius 3 is 2.56 bits per heavy atom. The summed E-state index contributed by atoms with van der Waals surface area (Å²) in [4.78, 5) is 11.2. The van der Waals surface area contributed by atoms with Crippen LogP contribution in [-0.2, 0) is 16.0 Å². The second kappa shape index (κ2) is 8.66. The molecule has 0 spiro atoms. The fraction of sp³-hybridized carbons (Fsp3) is 0.500. The Bertz CT molecular complexity index is 349. The second-order valence-electron chi connectivity index (χ2n) is 4.09. The minimum absolute atomic E-state index is 0.0454. The summed E-state index contributed by atoms with van der Waals surface area (Å²) >= 11 is 0. The molecule has 0 bridgehead atoms. The van der Waals surface area contributed by atoms with Crippen LogP contribution in [0.3, 0.4) is 0 Å². The highest BCUT2D eigenvalue weighted by Crippen LogP contribution is 2.10. The highest BCUT2D eigenvalue weighted by Gasteiger charge is 1.99. The molecule has 100 valence electrons. The van der Waals surface area contributed by atoms with Crippen LogP contribution in [0.4, 0.5) is 5.69 Å². The van der Waals surface area contributed by atoms with Gasteiger partial charge in [0.1, 0.15) is 0 Å². The van der Waals surface area contributed by atoms with Crippen LogP contribution in [0.15, 0.2) is 24.3 Å². The molecular formula is C14H22N2O2. The van der Waals surface area contributed by atoms with Crippen LogP contribution >= 0.6 is 0 Å². The van der Waals surface area contributed by atoms with Crippen LogP contribution in [0.1, 0.15) is 18.9 Å². The van der Waals surface area contributed by atoms with Crippen molar-refractivity contribution in [2.75, 3.05) is 32.1 Å². The van der Waals surface area contributed by atoms with Crippen LogP contribution in [0.2, 0.25) is 0 Å². The summed E-state index contributed by atoms with van der Waals surface area (Å²) in [5, 5.41) is 6.13. The summed E-state index contributed by atoms with van der Waals surface area (Å²) in [5.41, 5.74) is 2.12. The molecule has 0 aromatic heterocycles. The van der Waals surface area contributed by atoms with Crippen molar-refractivity contribution < 1.29 is 9.53 Å². The Hall–Kier alpha value is -1.39. The van der Waals surface area contributed by atoms with Gasteiger partial charge >= 0.3 is 0 Å². The Kier molecular flexibility index (Phi) is 7.06. The Morgan fingerprint density at radius 1 is 1.22 bits per heavy atom. The minimum Gasteiger partial charge on any atom is -0.383 e. The SMILES string of the molecule is CCC(=O)Nc1ccc(CCNCCOC)cc1. The van der Waals surface area contributed by atoms with Gasteiger partial charge < -0.3 is 15.4 Å². The van der Waals surface area contributed by atoms with Gasteiger partial charge in [0.15, 0.2) is 0 Å². The van der Waals surface area contributed by atoms with Gasteiger partial charge in [-0.25, -0.2) is 0 Å². The quantitative estimate of drug-likeness (QED) is 0.692. The van der Waals surface area contributed by atoms with Crippen molar-refractivity contribution in [3.8, 4) is 0 Å². The summed E-state index contributed by atoms with van der Waals surface area (Å²) in [6.07, 6.45) is 1.48. The van der Waals surface area contributed by atoms with Gasteiger partial charge in [0.2, 0.25) is 5.91 Å².